The fraction of sp³-hybridized carbons (Fsp3) is 0.300. The molecule has 3 aromatic rings. The van der Waals surface area contributed by atoms with Crippen molar-refractivity contribution in [1.82, 2.24) is 14.5 Å². The summed E-state index contributed by atoms with van der Waals surface area (Å²) in [4.78, 5) is 19.8. The minimum absolute atomic E-state index is 0.0233. The van der Waals surface area contributed by atoms with Crippen LogP contribution in [0.5, 0.6) is 0 Å². The lowest BCUT2D eigenvalue weighted by Gasteiger charge is -2.19. The van der Waals surface area contributed by atoms with E-state index in [1.54, 1.807) is 6.07 Å². The van der Waals surface area contributed by atoms with Crippen LogP contribution in [0.25, 0.3) is 22.0 Å². The molecule has 1 aliphatic heterocycles. The highest BCUT2D eigenvalue weighted by Crippen LogP contribution is 2.27. The van der Waals surface area contributed by atoms with Gasteiger partial charge in [0, 0.05) is 13.0 Å². The Morgan fingerprint density at radius 2 is 2.00 bits per heavy atom. The van der Waals surface area contributed by atoms with Crippen LogP contribution in [-0.4, -0.2) is 35.1 Å². The lowest BCUT2D eigenvalue weighted by atomic mass is 10.0. The van der Waals surface area contributed by atoms with Gasteiger partial charge in [0.05, 0.1) is 16.9 Å². The second-order valence-electron chi connectivity index (χ2n) is 6.90. The molecule has 1 unspecified atom stereocenters. The minimum Gasteiger partial charge on any atom is -0.307 e. The Kier molecular flexibility index (Phi) is 3.88. The van der Waals surface area contributed by atoms with E-state index in [0.29, 0.717) is 10.9 Å². The van der Waals surface area contributed by atoms with Gasteiger partial charge in [0.15, 0.2) is 0 Å². The maximum absolute atomic E-state index is 13.5. The molecular formula is C20H20FN3O. The molecule has 2 heterocycles. The van der Waals surface area contributed by atoms with Crippen LogP contribution in [0.3, 0.4) is 0 Å². The summed E-state index contributed by atoms with van der Waals surface area (Å²) in [7, 11) is 4.03. The highest BCUT2D eigenvalue weighted by molar-refractivity contribution is 5.83. The topological polar surface area (TPSA) is 38.1 Å². The molecule has 2 aromatic carbocycles. The van der Waals surface area contributed by atoms with E-state index in [-0.39, 0.29) is 17.4 Å². The number of hydrogen-bond acceptors (Lipinski definition) is 3. The van der Waals surface area contributed by atoms with Gasteiger partial charge >= 0.3 is 0 Å². The zero-order valence-electron chi connectivity index (χ0n) is 14.4. The van der Waals surface area contributed by atoms with E-state index in [1.165, 1.54) is 12.1 Å². The van der Waals surface area contributed by atoms with Crippen LogP contribution in [0, 0.1) is 5.82 Å². The number of aromatic nitrogens is 2. The summed E-state index contributed by atoms with van der Waals surface area (Å²) in [6.45, 7) is 0.835. The maximum Gasteiger partial charge on any atom is 0.261 e. The zero-order chi connectivity index (χ0) is 17.6. The predicted octanol–water partition coefficient (Wildman–Crippen LogP) is 3.25. The van der Waals surface area contributed by atoms with E-state index in [9.17, 15) is 9.18 Å². The predicted molar refractivity (Wildman–Crippen MR) is 97.3 cm³/mol. The third kappa shape index (κ3) is 2.85. The van der Waals surface area contributed by atoms with Crippen LogP contribution in [0.15, 0.2) is 47.3 Å². The van der Waals surface area contributed by atoms with Crippen LogP contribution in [0.4, 0.5) is 4.39 Å². The first-order valence-corrected chi connectivity index (χ1v) is 8.49. The molecule has 0 bridgehead atoms. The van der Waals surface area contributed by atoms with Crippen LogP contribution in [0.2, 0.25) is 0 Å². The number of rotatable bonds is 3. The molecule has 25 heavy (non-hydrogen) atoms. The van der Waals surface area contributed by atoms with Crippen LogP contribution in [-0.2, 0) is 6.42 Å². The van der Waals surface area contributed by atoms with E-state index in [2.05, 4.69) is 4.90 Å². The Labute approximate surface area is 145 Å². The van der Waals surface area contributed by atoms with Crippen molar-refractivity contribution < 1.29 is 4.39 Å². The first kappa shape index (κ1) is 16.0. The number of halogens is 1. The molecule has 4 nitrogen and oxygen atoms in total. The largest absolute Gasteiger partial charge is 0.307 e. The van der Waals surface area contributed by atoms with E-state index in [4.69, 9.17) is 4.98 Å². The first-order chi connectivity index (χ1) is 12.0. The van der Waals surface area contributed by atoms with Gasteiger partial charge in [0.2, 0.25) is 0 Å². The summed E-state index contributed by atoms with van der Waals surface area (Å²) in [5.41, 5.74) is 2.36. The van der Waals surface area contributed by atoms with Crippen molar-refractivity contribution in [2.45, 2.75) is 18.9 Å². The number of hydrogen-bond donors (Lipinski definition) is 0. The van der Waals surface area contributed by atoms with Crippen molar-refractivity contribution in [1.29, 1.82) is 0 Å². The van der Waals surface area contributed by atoms with Gasteiger partial charge in [-0.3, -0.25) is 9.36 Å². The maximum atomic E-state index is 13.5. The van der Waals surface area contributed by atoms with Gasteiger partial charge in [-0.1, -0.05) is 18.2 Å². The summed E-state index contributed by atoms with van der Waals surface area (Å²) in [5.74, 6) is 0.576. The third-order valence-corrected chi connectivity index (χ3v) is 4.77. The highest BCUT2D eigenvalue weighted by atomic mass is 19.1. The lowest BCUT2D eigenvalue weighted by molar-refractivity contribution is 0.325. The van der Waals surface area contributed by atoms with E-state index >= 15 is 0 Å². The quantitative estimate of drug-likeness (QED) is 0.736. The zero-order valence-corrected chi connectivity index (χ0v) is 14.4. The first-order valence-electron chi connectivity index (χ1n) is 8.49. The second kappa shape index (κ2) is 6.08. The van der Waals surface area contributed by atoms with E-state index in [0.717, 1.165) is 36.3 Å². The Morgan fingerprint density at radius 1 is 1.20 bits per heavy atom. The number of aryl methyl sites for hydroxylation is 1. The van der Waals surface area contributed by atoms with Crippen molar-refractivity contribution in [2.75, 3.05) is 20.6 Å². The molecule has 4 rings (SSSR count). The SMILES string of the molecule is CN(C)CC1CCc2nc3cc(-c4cccc(F)c4)ccc3c(=O)n21. The highest BCUT2D eigenvalue weighted by Gasteiger charge is 2.26. The molecule has 0 radical (unpaired) electrons. The van der Waals surface area contributed by atoms with Crippen molar-refractivity contribution >= 4 is 10.9 Å². The van der Waals surface area contributed by atoms with Crippen LogP contribution in [0.1, 0.15) is 18.3 Å². The summed E-state index contributed by atoms with van der Waals surface area (Å²) in [5, 5.41) is 0.620. The average Bonchev–Trinajstić information content (AvgIpc) is 2.97. The molecule has 0 saturated heterocycles. The third-order valence-electron chi connectivity index (χ3n) is 4.77. The normalized spacial score (nSPS) is 16.6. The molecule has 5 heteroatoms. The minimum atomic E-state index is -0.272. The molecule has 1 aliphatic rings. The van der Waals surface area contributed by atoms with Crippen LogP contribution < -0.4 is 5.56 Å². The Balaban J connectivity index is 1.84. The van der Waals surface area contributed by atoms with Gasteiger partial charge in [-0.05, 0) is 55.9 Å². The Morgan fingerprint density at radius 3 is 2.76 bits per heavy atom. The van der Waals surface area contributed by atoms with Gasteiger partial charge in [0.1, 0.15) is 11.6 Å². The van der Waals surface area contributed by atoms with Gasteiger partial charge in [-0.2, -0.15) is 0 Å². The van der Waals surface area contributed by atoms with Gasteiger partial charge in [0.25, 0.3) is 5.56 Å². The monoisotopic (exact) mass is 337 g/mol. The standard InChI is InChI=1S/C20H20FN3O/c1-23(2)12-16-7-9-19-22-18-11-14(13-4-3-5-15(21)10-13)6-8-17(18)20(25)24(16)19/h3-6,8,10-11,16H,7,9,12H2,1-2H3. The number of likely N-dealkylation sites (N-methyl/N-ethyl adjacent to an activating group) is 1. The average molecular weight is 337 g/mol. The summed E-state index contributed by atoms with van der Waals surface area (Å²) < 4.78 is 15.3. The molecule has 0 saturated carbocycles. The van der Waals surface area contributed by atoms with Gasteiger partial charge in [-0.15, -0.1) is 0 Å². The smallest absolute Gasteiger partial charge is 0.261 e. The molecule has 128 valence electrons. The molecule has 1 aromatic heterocycles. The molecule has 0 N–H and O–H groups in total. The number of benzene rings is 2. The van der Waals surface area contributed by atoms with Crippen molar-refractivity contribution in [2.24, 2.45) is 0 Å². The molecule has 0 amide bonds. The number of fused-ring (bicyclic) bond motifs is 2. The lowest BCUT2D eigenvalue weighted by Crippen LogP contribution is -2.30. The van der Waals surface area contributed by atoms with E-state index in [1.807, 2.05) is 42.9 Å². The fourth-order valence-electron chi connectivity index (χ4n) is 3.66. The Hall–Kier alpha value is -2.53. The molecule has 0 aliphatic carbocycles. The molecule has 0 spiro atoms. The number of nitrogens with zero attached hydrogens (tertiary/aromatic N) is 3. The molecule has 1 atom stereocenters. The molecule has 0 fully saturated rings. The molecular weight excluding hydrogens is 317 g/mol. The second-order valence-corrected chi connectivity index (χ2v) is 6.90. The van der Waals surface area contributed by atoms with Crippen molar-refractivity contribution in [3.05, 3.63) is 64.5 Å². The van der Waals surface area contributed by atoms with Crippen molar-refractivity contribution in [3.63, 3.8) is 0 Å². The van der Waals surface area contributed by atoms with Crippen LogP contribution >= 0.6 is 0 Å². The van der Waals surface area contributed by atoms with Gasteiger partial charge in [-0.25, -0.2) is 9.37 Å². The van der Waals surface area contributed by atoms with Gasteiger partial charge < -0.3 is 4.90 Å². The summed E-state index contributed by atoms with van der Waals surface area (Å²) in [6.07, 6.45) is 1.75. The summed E-state index contributed by atoms with van der Waals surface area (Å²) in [6, 6.07) is 12.2. The fourth-order valence-corrected chi connectivity index (χ4v) is 3.66. The van der Waals surface area contributed by atoms with Crippen molar-refractivity contribution in [3.8, 4) is 11.1 Å². The van der Waals surface area contributed by atoms with E-state index < -0.39 is 0 Å². The summed E-state index contributed by atoms with van der Waals surface area (Å²) >= 11 is 0. The Bertz CT molecular complexity index is 1010.